The first-order valence-electron chi connectivity index (χ1n) is 8.19. The molecule has 0 fully saturated rings. The van der Waals surface area contributed by atoms with Crippen molar-refractivity contribution in [3.8, 4) is 0 Å². The Morgan fingerprint density at radius 1 is 1.36 bits per heavy atom. The number of hydrogen-bond acceptors (Lipinski definition) is 5. The quantitative estimate of drug-likeness (QED) is 0.730. The fourth-order valence-electron chi connectivity index (χ4n) is 2.06. The lowest BCUT2D eigenvalue weighted by atomic mass is 9.96. The van der Waals surface area contributed by atoms with Crippen molar-refractivity contribution in [1.82, 2.24) is 15.5 Å². The van der Waals surface area contributed by atoms with Crippen LogP contribution in [0.3, 0.4) is 0 Å². The molecule has 1 unspecified atom stereocenters. The van der Waals surface area contributed by atoms with E-state index < -0.39 is 0 Å². The molecular formula is C16H30N4O2. The van der Waals surface area contributed by atoms with E-state index in [1.165, 1.54) is 0 Å². The van der Waals surface area contributed by atoms with Crippen LogP contribution in [0, 0.1) is 0 Å². The van der Waals surface area contributed by atoms with E-state index in [-0.39, 0.29) is 17.4 Å². The number of carbonyl (C=O) groups is 1. The van der Waals surface area contributed by atoms with Gasteiger partial charge in [-0.2, -0.15) is 4.98 Å². The zero-order chi connectivity index (χ0) is 16.6. The number of aryl methyl sites for hydroxylation is 1. The summed E-state index contributed by atoms with van der Waals surface area (Å²) in [4.78, 5) is 16.3. The molecule has 0 aromatic carbocycles. The molecule has 6 heteroatoms. The second kappa shape index (κ2) is 8.88. The van der Waals surface area contributed by atoms with Crippen molar-refractivity contribution >= 4 is 5.91 Å². The monoisotopic (exact) mass is 310 g/mol. The first-order chi connectivity index (χ1) is 10.4. The van der Waals surface area contributed by atoms with Crippen molar-refractivity contribution in [1.29, 1.82) is 0 Å². The Labute approximate surface area is 133 Å². The molecular weight excluding hydrogens is 280 g/mol. The second-order valence-corrected chi connectivity index (χ2v) is 6.76. The van der Waals surface area contributed by atoms with Crippen LogP contribution in [0.4, 0.5) is 0 Å². The maximum Gasteiger partial charge on any atom is 0.226 e. The normalized spacial score (nSPS) is 13.1. The van der Waals surface area contributed by atoms with Gasteiger partial charge in [-0.25, -0.2) is 0 Å². The average Bonchev–Trinajstić information content (AvgIpc) is 2.92. The molecule has 0 radical (unpaired) electrons. The Hall–Kier alpha value is -1.43. The molecule has 0 saturated carbocycles. The molecule has 1 aromatic rings. The SMILES string of the molecule is CCCCC(CN)NC(=O)CCCc1nc(C(C)(C)C)no1. The summed E-state index contributed by atoms with van der Waals surface area (Å²) >= 11 is 0. The summed E-state index contributed by atoms with van der Waals surface area (Å²) in [5.74, 6) is 1.34. The number of hydrogen-bond donors (Lipinski definition) is 2. The van der Waals surface area contributed by atoms with E-state index in [1.807, 2.05) is 20.8 Å². The van der Waals surface area contributed by atoms with Gasteiger partial charge in [-0.3, -0.25) is 4.79 Å². The Kier molecular flexibility index (Phi) is 7.51. The molecule has 1 rings (SSSR count). The summed E-state index contributed by atoms with van der Waals surface area (Å²) in [5, 5.41) is 6.96. The van der Waals surface area contributed by atoms with Gasteiger partial charge in [0.2, 0.25) is 11.8 Å². The summed E-state index contributed by atoms with van der Waals surface area (Å²) in [5.41, 5.74) is 5.56. The van der Waals surface area contributed by atoms with Crippen LogP contribution in [0.5, 0.6) is 0 Å². The molecule has 1 aromatic heterocycles. The minimum Gasteiger partial charge on any atom is -0.352 e. The zero-order valence-electron chi connectivity index (χ0n) is 14.3. The number of rotatable bonds is 9. The Morgan fingerprint density at radius 2 is 2.09 bits per heavy atom. The standard InChI is InChI=1S/C16H30N4O2/c1-5-6-8-12(11-17)18-13(21)9-7-10-14-19-15(20-22-14)16(2,3)4/h12H,5-11,17H2,1-4H3,(H,18,21). The van der Waals surface area contributed by atoms with E-state index >= 15 is 0 Å². The van der Waals surface area contributed by atoms with E-state index in [0.29, 0.717) is 37.5 Å². The highest BCUT2D eigenvalue weighted by atomic mass is 16.5. The number of nitrogens with one attached hydrogen (secondary N) is 1. The third-order valence-electron chi connectivity index (χ3n) is 3.49. The summed E-state index contributed by atoms with van der Waals surface area (Å²) in [7, 11) is 0. The van der Waals surface area contributed by atoms with Crippen LogP contribution in [0.15, 0.2) is 4.52 Å². The zero-order valence-corrected chi connectivity index (χ0v) is 14.3. The van der Waals surface area contributed by atoms with Gasteiger partial charge in [0.15, 0.2) is 5.82 Å². The number of amides is 1. The van der Waals surface area contributed by atoms with E-state index in [4.69, 9.17) is 10.3 Å². The van der Waals surface area contributed by atoms with Crippen LogP contribution in [0.1, 0.15) is 71.5 Å². The van der Waals surface area contributed by atoms with Crippen molar-refractivity contribution in [3.63, 3.8) is 0 Å². The maximum absolute atomic E-state index is 11.9. The lowest BCUT2D eigenvalue weighted by Crippen LogP contribution is -2.40. The highest BCUT2D eigenvalue weighted by Gasteiger charge is 2.20. The fourth-order valence-corrected chi connectivity index (χ4v) is 2.06. The van der Waals surface area contributed by atoms with Crippen LogP contribution < -0.4 is 11.1 Å². The van der Waals surface area contributed by atoms with Gasteiger partial charge in [-0.15, -0.1) is 0 Å². The highest BCUT2D eigenvalue weighted by molar-refractivity contribution is 5.76. The Bertz CT molecular complexity index is 451. The smallest absolute Gasteiger partial charge is 0.226 e. The summed E-state index contributed by atoms with van der Waals surface area (Å²) < 4.78 is 5.22. The number of carbonyl (C=O) groups excluding carboxylic acids is 1. The third-order valence-corrected chi connectivity index (χ3v) is 3.49. The van der Waals surface area contributed by atoms with E-state index in [1.54, 1.807) is 0 Å². The highest BCUT2D eigenvalue weighted by Crippen LogP contribution is 2.18. The molecule has 0 aliphatic heterocycles. The largest absolute Gasteiger partial charge is 0.352 e. The maximum atomic E-state index is 11.9. The lowest BCUT2D eigenvalue weighted by molar-refractivity contribution is -0.121. The molecule has 1 amide bonds. The van der Waals surface area contributed by atoms with Crippen molar-refractivity contribution in [2.45, 2.75) is 77.7 Å². The van der Waals surface area contributed by atoms with E-state index in [2.05, 4.69) is 22.4 Å². The topological polar surface area (TPSA) is 94.0 Å². The average molecular weight is 310 g/mol. The Balaban J connectivity index is 2.31. The molecule has 3 N–H and O–H groups in total. The van der Waals surface area contributed by atoms with Crippen LogP contribution >= 0.6 is 0 Å². The molecule has 0 saturated heterocycles. The fraction of sp³-hybridized carbons (Fsp3) is 0.812. The predicted octanol–water partition coefficient (Wildman–Crippen LogP) is 2.32. The molecule has 1 heterocycles. The molecule has 0 aliphatic carbocycles. The molecule has 22 heavy (non-hydrogen) atoms. The molecule has 6 nitrogen and oxygen atoms in total. The van der Waals surface area contributed by atoms with Crippen molar-refractivity contribution in [2.75, 3.05) is 6.54 Å². The van der Waals surface area contributed by atoms with Gasteiger partial charge in [0, 0.05) is 30.8 Å². The molecule has 126 valence electrons. The van der Waals surface area contributed by atoms with Crippen LogP contribution in [0.25, 0.3) is 0 Å². The molecule has 0 aliphatic rings. The summed E-state index contributed by atoms with van der Waals surface area (Å²) in [6.07, 6.45) is 4.91. The number of aromatic nitrogens is 2. The van der Waals surface area contributed by atoms with Gasteiger partial charge in [0.05, 0.1) is 0 Å². The summed E-state index contributed by atoms with van der Waals surface area (Å²) in [6.45, 7) is 8.74. The first kappa shape index (κ1) is 18.6. The van der Waals surface area contributed by atoms with Crippen molar-refractivity contribution in [3.05, 3.63) is 11.7 Å². The van der Waals surface area contributed by atoms with Crippen molar-refractivity contribution in [2.24, 2.45) is 5.73 Å². The number of nitrogens with zero attached hydrogens (tertiary/aromatic N) is 2. The number of nitrogens with two attached hydrogens (primary N) is 1. The lowest BCUT2D eigenvalue weighted by Gasteiger charge is -2.16. The van der Waals surface area contributed by atoms with E-state index in [9.17, 15) is 4.79 Å². The van der Waals surface area contributed by atoms with Crippen LogP contribution in [-0.2, 0) is 16.6 Å². The van der Waals surface area contributed by atoms with Gasteiger partial charge >= 0.3 is 0 Å². The molecule has 1 atom stereocenters. The Morgan fingerprint density at radius 3 is 2.64 bits per heavy atom. The number of unbranched alkanes of at least 4 members (excludes halogenated alkanes) is 1. The predicted molar refractivity (Wildman–Crippen MR) is 86.4 cm³/mol. The van der Waals surface area contributed by atoms with Gasteiger partial charge in [-0.1, -0.05) is 45.7 Å². The minimum absolute atomic E-state index is 0.0436. The molecule has 0 bridgehead atoms. The minimum atomic E-state index is -0.118. The van der Waals surface area contributed by atoms with Gasteiger partial charge in [0.25, 0.3) is 0 Å². The van der Waals surface area contributed by atoms with Gasteiger partial charge < -0.3 is 15.6 Å². The summed E-state index contributed by atoms with van der Waals surface area (Å²) in [6, 6.07) is 0.0864. The molecule has 0 spiro atoms. The van der Waals surface area contributed by atoms with Gasteiger partial charge in [0.1, 0.15) is 0 Å². The van der Waals surface area contributed by atoms with E-state index in [0.717, 1.165) is 19.3 Å². The second-order valence-electron chi connectivity index (χ2n) is 6.76. The first-order valence-corrected chi connectivity index (χ1v) is 8.19. The van der Waals surface area contributed by atoms with Gasteiger partial charge in [-0.05, 0) is 12.8 Å². The third kappa shape index (κ3) is 6.56. The van der Waals surface area contributed by atoms with Crippen LogP contribution in [0.2, 0.25) is 0 Å². The van der Waals surface area contributed by atoms with Crippen molar-refractivity contribution < 1.29 is 9.32 Å². The van der Waals surface area contributed by atoms with Crippen LogP contribution in [-0.4, -0.2) is 28.6 Å².